The Hall–Kier alpha value is -1.26. The van der Waals surface area contributed by atoms with Crippen LogP contribution in [0.25, 0.3) is 0 Å². The zero-order valence-electron chi connectivity index (χ0n) is 14.3. The molecular formula is C18H29ClN4. The molecule has 0 amide bonds. The Morgan fingerprint density at radius 3 is 2.52 bits per heavy atom. The minimum Gasteiger partial charge on any atom is -0.356 e. The molecule has 23 heavy (non-hydrogen) atoms. The van der Waals surface area contributed by atoms with Crippen LogP contribution in [0.5, 0.6) is 0 Å². The Morgan fingerprint density at radius 1 is 1.22 bits per heavy atom. The number of hydrogen-bond acceptors (Lipinski definition) is 2. The van der Waals surface area contributed by atoms with E-state index in [4.69, 9.17) is 11.6 Å². The fraction of sp³-hybridized carbons (Fsp3) is 0.611. The SMILES string of the molecule is CCN1CCC(CCNC(=NC)NCc2ccc(Cl)cc2)CC1. The van der Waals surface area contributed by atoms with Crippen LogP contribution in [0.2, 0.25) is 5.02 Å². The van der Waals surface area contributed by atoms with Crippen molar-refractivity contribution in [2.75, 3.05) is 33.2 Å². The summed E-state index contributed by atoms with van der Waals surface area (Å²) in [7, 11) is 1.82. The van der Waals surface area contributed by atoms with E-state index in [1.165, 1.54) is 44.5 Å². The summed E-state index contributed by atoms with van der Waals surface area (Å²) < 4.78 is 0. The third kappa shape index (κ3) is 6.40. The van der Waals surface area contributed by atoms with Gasteiger partial charge in [0.15, 0.2) is 5.96 Å². The van der Waals surface area contributed by atoms with E-state index in [2.05, 4.69) is 27.4 Å². The van der Waals surface area contributed by atoms with Crippen molar-refractivity contribution in [3.63, 3.8) is 0 Å². The molecule has 1 heterocycles. The van der Waals surface area contributed by atoms with Crippen LogP contribution in [0.15, 0.2) is 29.3 Å². The van der Waals surface area contributed by atoms with E-state index in [0.717, 1.165) is 30.0 Å². The van der Waals surface area contributed by atoms with E-state index in [9.17, 15) is 0 Å². The van der Waals surface area contributed by atoms with Crippen LogP contribution >= 0.6 is 11.6 Å². The minimum atomic E-state index is 0.756. The molecule has 1 aliphatic heterocycles. The third-order valence-corrected chi connectivity index (χ3v) is 4.85. The number of likely N-dealkylation sites (tertiary alicyclic amines) is 1. The minimum absolute atomic E-state index is 0.756. The van der Waals surface area contributed by atoms with Crippen LogP contribution in [-0.4, -0.2) is 44.1 Å². The molecule has 0 bridgehead atoms. The molecule has 1 aromatic rings. The average Bonchev–Trinajstić information content (AvgIpc) is 2.60. The van der Waals surface area contributed by atoms with Gasteiger partial charge < -0.3 is 15.5 Å². The molecular weight excluding hydrogens is 308 g/mol. The van der Waals surface area contributed by atoms with Crippen LogP contribution in [0.3, 0.4) is 0 Å². The maximum absolute atomic E-state index is 5.90. The summed E-state index contributed by atoms with van der Waals surface area (Å²) >= 11 is 5.90. The molecule has 0 aromatic heterocycles. The normalized spacial score (nSPS) is 17.3. The highest BCUT2D eigenvalue weighted by molar-refractivity contribution is 6.30. The van der Waals surface area contributed by atoms with Gasteiger partial charge in [0.2, 0.25) is 0 Å². The lowest BCUT2D eigenvalue weighted by Gasteiger charge is -2.31. The number of guanidine groups is 1. The van der Waals surface area contributed by atoms with E-state index >= 15 is 0 Å². The van der Waals surface area contributed by atoms with Crippen molar-refractivity contribution < 1.29 is 0 Å². The van der Waals surface area contributed by atoms with Gasteiger partial charge in [0.25, 0.3) is 0 Å². The largest absolute Gasteiger partial charge is 0.356 e. The maximum atomic E-state index is 5.90. The number of nitrogens with one attached hydrogen (secondary N) is 2. The molecule has 1 saturated heterocycles. The topological polar surface area (TPSA) is 39.7 Å². The fourth-order valence-corrected chi connectivity index (χ4v) is 3.12. The first-order valence-corrected chi connectivity index (χ1v) is 9.00. The van der Waals surface area contributed by atoms with E-state index in [-0.39, 0.29) is 0 Å². The molecule has 0 unspecified atom stereocenters. The van der Waals surface area contributed by atoms with Crippen molar-refractivity contribution in [3.8, 4) is 0 Å². The van der Waals surface area contributed by atoms with E-state index in [0.29, 0.717) is 0 Å². The maximum Gasteiger partial charge on any atom is 0.191 e. The van der Waals surface area contributed by atoms with Crippen LogP contribution in [-0.2, 0) is 6.54 Å². The summed E-state index contributed by atoms with van der Waals surface area (Å²) in [6, 6.07) is 7.89. The standard InChI is InChI=1S/C18H29ClN4/c1-3-23-12-9-15(10-13-23)8-11-21-18(20-2)22-14-16-4-6-17(19)7-5-16/h4-7,15H,3,8-14H2,1-2H3,(H2,20,21,22). The highest BCUT2D eigenvalue weighted by Gasteiger charge is 2.17. The average molecular weight is 337 g/mol. The summed E-state index contributed by atoms with van der Waals surface area (Å²) in [5.74, 6) is 1.71. The zero-order valence-corrected chi connectivity index (χ0v) is 15.1. The van der Waals surface area contributed by atoms with Crippen LogP contribution in [0, 0.1) is 5.92 Å². The van der Waals surface area contributed by atoms with Gasteiger partial charge in [-0.2, -0.15) is 0 Å². The quantitative estimate of drug-likeness (QED) is 0.619. The number of aliphatic imine (C=N–C) groups is 1. The predicted octanol–water partition coefficient (Wildman–Crippen LogP) is 3.13. The summed E-state index contributed by atoms with van der Waals surface area (Å²) in [5.41, 5.74) is 1.20. The summed E-state index contributed by atoms with van der Waals surface area (Å²) in [5, 5.41) is 7.54. The number of benzene rings is 1. The van der Waals surface area contributed by atoms with Crippen LogP contribution < -0.4 is 10.6 Å². The molecule has 4 nitrogen and oxygen atoms in total. The van der Waals surface area contributed by atoms with Crippen molar-refractivity contribution in [2.45, 2.75) is 32.7 Å². The molecule has 0 spiro atoms. The molecule has 5 heteroatoms. The van der Waals surface area contributed by atoms with Gasteiger partial charge >= 0.3 is 0 Å². The molecule has 1 fully saturated rings. The van der Waals surface area contributed by atoms with Crippen LogP contribution in [0.1, 0.15) is 31.7 Å². The number of hydrogen-bond donors (Lipinski definition) is 2. The van der Waals surface area contributed by atoms with E-state index in [1.54, 1.807) is 0 Å². The molecule has 2 rings (SSSR count). The molecule has 0 saturated carbocycles. The summed E-state index contributed by atoms with van der Waals surface area (Å²) in [6.45, 7) is 7.68. The number of halogens is 1. The zero-order chi connectivity index (χ0) is 16.5. The second-order valence-electron chi connectivity index (χ2n) is 6.15. The highest BCUT2D eigenvalue weighted by Crippen LogP contribution is 2.19. The Morgan fingerprint density at radius 2 is 1.91 bits per heavy atom. The molecule has 0 aliphatic carbocycles. The lowest BCUT2D eigenvalue weighted by atomic mass is 9.93. The number of rotatable bonds is 6. The van der Waals surface area contributed by atoms with E-state index in [1.807, 2.05) is 31.3 Å². The van der Waals surface area contributed by atoms with Crippen molar-refractivity contribution in [1.29, 1.82) is 0 Å². The molecule has 0 radical (unpaired) electrons. The summed E-state index contributed by atoms with van der Waals surface area (Å²) in [6.07, 6.45) is 3.87. The monoisotopic (exact) mass is 336 g/mol. The van der Waals surface area contributed by atoms with Gasteiger partial charge in [-0.1, -0.05) is 30.7 Å². The molecule has 2 N–H and O–H groups in total. The second kappa shape index (κ2) is 9.78. The first-order valence-electron chi connectivity index (χ1n) is 8.62. The van der Waals surface area contributed by atoms with Gasteiger partial charge in [-0.3, -0.25) is 4.99 Å². The number of nitrogens with zero attached hydrogens (tertiary/aromatic N) is 2. The van der Waals surface area contributed by atoms with Gasteiger partial charge in [-0.15, -0.1) is 0 Å². The Bertz CT molecular complexity index is 478. The van der Waals surface area contributed by atoms with Crippen molar-refractivity contribution in [2.24, 2.45) is 10.9 Å². The predicted molar refractivity (Wildman–Crippen MR) is 99.1 cm³/mol. The molecule has 128 valence electrons. The molecule has 1 aromatic carbocycles. The van der Waals surface area contributed by atoms with Gasteiger partial charge in [-0.25, -0.2) is 0 Å². The Balaban J connectivity index is 1.64. The van der Waals surface area contributed by atoms with Gasteiger partial charge in [0.1, 0.15) is 0 Å². The molecule has 1 aliphatic rings. The van der Waals surface area contributed by atoms with Crippen molar-refractivity contribution >= 4 is 17.6 Å². The van der Waals surface area contributed by atoms with Gasteiger partial charge in [0, 0.05) is 25.2 Å². The van der Waals surface area contributed by atoms with Gasteiger partial charge in [0.05, 0.1) is 0 Å². The first-order chi connectivity index (χ1) is 11.2. The highest BCUT2D eigenvalue weighted by atomic mass is 35.5. The second-order valence-corrected chi connectivity index (χ2v) is 6.58. The first kappa shape index (κ1) is 18.1. The van der Waals surface area contributed by atoms with Gasteiger partial charge in [-0.05, 0) is 62.5 Å². The lowest BCUT2D eigenvalue weighted by Crippen LogP contribution is -2.39. The molecule has 0 atom stereocenters. The van der Waals surface area contributed by atoms with Crippen LogP contribution in [0.4, 0.5) is 0 Å². The smallest absolute Gasteiger partial charge is 0.191 e. The number of piperidine rings is 1. The lowest BCUT2D eigenvalue weighted by molar-refractivity contribution is 0.187. The summed E-state index contributed by atoms with van der Waals surface area (Å²) in [4.78, 5) is 6.83. The fourth-order valence-electron chi connectivity index (χ4n) is 2.99. The Labute approximate surface area is 145 Å². The third-order valence-electron chi connectivity index (χ3n) is 4.60. The van der Waals surface area contributed by atoms with E-state index < -0.39 is 0 Å². The Kier molecular flexibility index (Phi) is 7.69. The van der Waals surface area contributed by atoms with Crippen molar-refractivity contribution in [3.05, 3.63) is 34.9 Å². The van der Waals surface area contributed by atoms with Crippen molar-refractivity contribution in [1.82, 2.24) is 15.5 Å².